The van der Waals surface area contributed by atoms with Crippen LogP contribution in [0.2, 0.25) is 0 Å². The van der Waals surface area contributed by atoms with E-state index < -0.39 is 0 Å². The van der Waals surface area contributed by atoms with E-state index in [4.69, 9.17) is 0 Å². The zero-order valence-electron chi connectivity index (χ0n) is 10.4. The normalized spacial score (nSPS) is 10.6. The van der Waals surface area contributed by atoms with Gasteiger partial charge in [0.15, 0.2) is 4.34 Å². The van der Waals surface area contributed by atoms with Crippen molar-refractivity contribution < 1.29 is 0 Å². The predicted octanol–water partition coefficient (Wildman–Crippen LogP) is 2.86. The zero-order valence-corrected chi connectivity index (χ0v) is 12.0. The smallest absolute Gasteiger partial charge is 0.223 e. The number of aryl methyl sites for hydroxylation is 1. The Balaban J connectivity index is 2.04. The van der Waals surface area contributed by atoms with Crippen molar-refractivity contribution in [3.8, 4) is 0 Å². The van der Waals surface area contributed by atoms with Crippen molar-refractivity contribution in [2.45, 2.75) is 36.1 Å². The van der Waals surface area contributed by atoms with Gasteiger partial charge in [-0.1, -0.05) is 13.8 Å². The van der Waals surface area contributed by atoms with Gasteiger partial charge in [-0.2, -0.15) is 4.37 Å². The first kappa shape index (κ1) is 13.2. The van der Waals surface area contributed by atoms with Gasteiger partial charge in [-0.05, 0) is 35.8 Å². The second kappa shape index (κ2) is 6.65. The largest absolute Gasteiger partial charge is 0.354 e. The molecule has 0 aliphatic heterocycles. The van der Waals surface area contributed by atoms with Crippen LogP contribution in [0.4, 0.5) is 5.95 Å². The van der Waals surface area contributed by atoms with E-state index in [0.29, 0.717) is 5.95 Å². The van der Waals surface area contributed by atoms with Crippen LogP contribution in [0.15, 0.2) is 21.6 Å². The number of nitrogens with zero attached hydrogens (tertiary/aromatic N) is 4. The molecule has 2 aromatic rings. The fraction of sp³-hybridized carbons (Fsp3) is 0.455. The average Bonchev–Trinajstić information content (AvgIpc) is 2.84. The van der Waals surface area contributed by atoms with E-state index in [0.717, 1.165) is 34.6 Å². The standard InChI is InChI=1S/C11H15N5S2/c1-3-6-12-10-13-7-5-9(15-10)17-11-14-8(4-2)16-18-11/h5,7H,3-4,6H2,1-2H3,(H,12,13,15). The van der Waals surface area contributed by atoms with Gasteiger partial charge in [0, 0.05) is 19.2 Å². The van der Waals surface area contributed by atoms with Crippen LogP contribution in [-0.2, 0) is 6.42 Å². The molecule has 0 bridgehead atoms. The van der Waals surface area contributed by atoms with Gasteiger partial charge in [-0.3, -0.25) is 0 Å². The van der Waals surface area contributed by atoms with Gasteiger partial charge in [0.25, 0.3) is 0 Å². The molecule has 18 heavy (non-hydrogen) atoms. The highest BCUT2D eigenvalue weighted by molar-refractivity contribution is 8.00. The molecule has 0 atom stereocenters. The molecule has 2 heterocycles. The molecule has 0 radical (unpaired) electrons. The summed E-state index contributed by atoms with van der Waals surface area (Å²) < 4.78 is 5.18. The van der Waals surface area contributed by atoms with Crippen LogP contribution >= 0.6 is 23.3 Å². The second-order valence-corrected chi connectivity index (χ2v) is 5.60. The molecular weight excluding hydrogens is 266 g/mol. The summed E-state index contributed by atoms with van der Waals surface area (Å²) in [4.78, 5) is 13.0. The molecule has 0 aliphatic rings. The summed E-state index contributed by atoms with van der Waals surface area (Å²) in [6, 6.07) is 1.88. The Kier molecular flexibility index (Phi) is 4.89. The van der Waals surface area contributed by atoms with Gasteiger partial charge in [-0.15, -0.1) is 0 Å². The maximum absolute atomic E-state index is 4.42. The molecule has 1 N–H and O–H groups in total. The number of rotatable bonds is 6. The lowest BCUT2D eigenvalue weighted by Crippen LogP contribution is -2.03. The van der Waals surface area contributed by atoms with Crippen LogP contribution in [0, 0.1) is 0 Å². The number of aromatic nitrogens is 4. The van der Waals surface area contributed by atoms with Gasteiger partial charge in [0.05, 0.1) is 0 Å². The summed E-state index contributed by atoms with van der Waals surface area (Å²) in [6.45, 7) is 5.04. The van der Waals surface area contributed by atoms with Crippen LogP contribution in [0.5, 0.6) is 0 Å². The number of nitrogens with one attached hydrogen (secondary N) is 1. The highest BCUT2D eigenvalue weighted by Gasteiger charge is 2.06. The first-order valence-corrected chi connectivity index (χ1v) is 7.48. The van der Waals surface area contributed by atoms with E-state index >= 15 is 0 Å². The van der Waals surface area contributed by atoms with Gasteiger partial charge >= 0.3 is 0 Å². The Hall–Kier alpha value is -1.21. The summed E-state index contributed by atoms with van der Waals surface area (Å²) in [5.41, 5.74) is 0. The van der Waals surface area contributed by atoms with E-state index in [1.54, 1.807) is 6.20 Å². The van der Waals surface area contributed by atoms with Crippen molar-refractivity contribution in [2.24, 2.45) is 0 Å². The maximum Gasteiger partial charge on any atom is 0.223 e. The molecule has 0 amide bonds. The molecule has 0 spiro atoms. The van der Waals surface area contributed by atoms with Crippen LogP contribution in [0.1, 0.15) is 26.1 Å². The molecule has 5 nitrogen and oxygen atoms in total. The molecule has 0 saturated carbocycles. The van der Waals surface area contributed by atoms with Gasteiger partial charge in [0.1, 0.15) is 10.9 Å². The minimum absolute atomic E-state index is 0.669. The SMILES string of the molecule is CCCNc1nccc(Sc2nc(CC)ns2)n1. The summed E-state index contributed by atoms with van der Waals surface area (Å²) in [7, 11) is 0. The Bertz CT molecular complexity index is 500. The van der Waals surface area contributed by atoms with Crippen LogP contribution < -0.4 is 5.32 Å². The Morgan fingerprint density at radius 1 is 1.33 bits per heavy atom. The summed E-state index contributed by atoms with van der Waals surface area (Å²) >= 11 is 2.94. The van der Waals surface area contributed by atoms with Gasteiger partial charge in [-0.25, -0.2) is 15.0 Å². The van der Waals surface area contributed by atoms with E-state index in [-0.39, 0.29) is 0 Å². The third kappa shape index (κ3) is 3.64. The molecule has 0 aliphatic carbocycles. The first-order chi connectivity index (χ1) is 8.81. The van der Waals surface area contributed by atoms with E-state index in [1.165, 1.54) is 23.3 Å². The fourth-order valence-corrected chi connectivity index (χ4v) is 2.84. The van der Waals surface area contributed by atoms with Crippen LogP contribution in [0.3, 0.4) is 0 Å². The highest BCUT2D eigenvalue weighted by Crippen LogP contribution is 2.27. The minimum atomic E-state index is 0.669. The summed E-state index contributed by atoms with van der Waals surface area (Å²) in [5.74, 6) is 1.56. The third-order valence-corrected chi connectivity index (χ3v) is 3.85. The third-order valence-electron chi connectivity index (χ3n) is 2.12. The van der Waals surface area contributed by atoms with Crippen LogP contribution in [0.25, 0.3) is 0 Å². The fourth-order valence-electron chi connectivity index (χ4n) is 1.23. The number of hydrogen-bond donors (Lipinski definition) is 1. The molecule has 0 fully saturated rings. The molecule has 2 rings (SSSR count). The maximum atomic E-state index is 4.42. The molecule has 2 aromatic heterocycles. The lowest BCUT2D eigenvalue weighted by molar-refractivity contribution is 0.934. The molecule has 0 aromatic carbocycles. The van der Waals surface area contributed by atoms with Crippen molar-refractivity contribution in [3.63, 3.8) is 0 Å². The van der Waals surface area contributed by atoms with Crippen molar-refractivity contribution in [1.29, 1.82) is 0 Å². The van der Waals surface area contributed by atoms with Gasteiger partial charge < -0.3 is 5.32 Å². The zero-order chi connectivity index (χ0) is 12.8. The minimum Gasteiger partial charge on any atom is -0.354 e. The van der Waals surface area contributed by atoms with Crippen molar-refractivity contribution >= 4 is 29.2 Å². The van der Waals surface area contributed by atoms with Gasteiger partial charge in [0.2, 0.25) is 5.95 Å². The van der Waals surface area contributed by atoms with Crippen molar-refractivity contribution in [2.75, 3.05) is 11.9 Å². The molecule has 0 unspecified atom stereocenters. The monoisotopic (exact) mass is 281 g/mol. The first-order valence-electron chi connectivity index (χ1n) is 5.89. The molecular formula is C11H15N5S2. The van der Waals surface area contributed by atoms with E-state index in [2.05, 4.69) is 31.6 Å². The predicted molar refractivity (Wildman–Crippen MR) is 74.2 cm³/mol. The average molecular weight is 281 g/mol. The lowest BCUT2D eigenvalue weighted by atomic mass is 10.5. The molecule has 7 heteroatoms. The summed E-state index contributed by atoms with van der Waals surface area (Å²) in [5, 5.41) is 4.06. The highest BCUT2D eigenvalue weighted by atomic mass is 32.2. The Labute approximate surface area is 115 Å². The Morgan fingerprint density at radius 3 is 2.94 bits per heavy atom. The quantitative estimate of drug-likeness (QED) is 0.821. The van der Waals surface area contributed by atoms with E-state index in [9.17, 15) is 0 Å². The second-order valence-electron chi connectivity index (χ2n) is 3.58. The van der Waals surface area contributed by atoms with Crippen LogP contribution in [-0.4, -0.2) is 25.9 Å². The molecule has 96 valence electrons. The van der Waals surface area contributed by atoms with E-state index in [1.807, 2.05) is 13.0 Å². The summed E-state index contributed by atoms with van der Waals surface area (Å²) in [6.07, 6.45) is 3.68. The van der Waals surface area contributed by atoms with Crippen molar-refractivity contribution in [3.05, 3.63) is 18.1 Å². The Morgan fingerprint density at radius 2 is 2.22 bits per heavy atom. The number of hydrogen-bond acceptors (Lipinski definition) is 7. The number of anilines is 1. The lowest BCUT2D eigenvalue weighted by Gasteiger charge is -2.03. The van der Waals surface area contributed by atoms with Crippen molar-refractivity contribution in [1.82, 2.24) is 19.3 Å². The topological polar surface area (TPSA) is 63.6 Å². The molecule has 0 saturated heterocycles.